The molecule has 1 heterocycles. The maximum atomic E-state index is 10.7. The number of rotatable bonds is 8. The Balaban J connectivity index is 0.000000561. The third-order valence-electron chi connectivity index (χ3n) is 4.48. The summed E-state index contributed by atoms with van der Waals surface area (Å²) in [5.41, 5.74) is -5.65. The quantitative estimate of drug-likeness (QED) is 0.273. The van der Waals surface area contributed by atoms with Crippen molar-refractivity contribution in [2.75, 3.05) is 26.7 Å². The van der Waals surface area contributed by atoms with Gasteiger partial charge in [0.15, 0.2) is 10.1 Å². The predicted octanol–water partition coefficient (Wildman–Crippen LogP) is 4.42. The van der Waals surface area contributed by atoms with E-state index in [0.29, 0.717) is 0 Å². The highest BCUT2D eigenvalue weighted by molar-refractivity contribution is 7.86. The Kier molecular flexibility index (Phi) is 11.1. The van der Waals surface area contributed by atoms with Crippen LogP contribution in [0.2, 0.25) is 0 Å². The number of nitrogens with zero attached hydrogens (tertiary/aromatic N) is 1. The van der Waals surface area contributed by atoms with E-state index in [1.54, 1.807) is 0 Å². The van der Waals surface area contributed by atoms with E-state index in [4.69, 9.17) is 13.0 Å². The van der Waals surface area contributed by atoms with Gasteiger partial charge in [0, 0.05) is 0 Å². The van der Waals surface area contributed by atoms with Crippen molar-refractivity contribution in [3.8, 4) is 0 Å². The van der Waals surface area contributed by atoms with E-state index < -0.39 is 15.6 Å². The molecular formula is C16H32F3NO3S. The summed E-state index contributed by atoms with van der Waals surface area (Å²) in [5.74, 6) is 0. The van der Waals surface area contributed by atoms with Gasteiger partial charge in [-0.3, -0.25) is 0 Å². The summed E-state index contributed by atoms with van der Waals surface area (Å²) in [6, 6.07) is 0. The van der Waals surface area contributed by atoms with Crippen molar-refractivity contribution in [1.82, 2.24) is 0 Å². The van der Waals surface area contributed by atoms with Crippen LogP contribution in [-0.2, 0) is 10.1 Å². The molecule has 0 unspecified atom stereocenters. The third-order valence-corrected chi connectivity index (χ3v) is 5.05. The van der Waals surface area contributed by atoms with Crippen molar-refractivity contribution in [2.45, 2.75) is 76.6 Å². The normalized spacial score (nSPS) is 17.9. The van der Waals surface area contributed by atoms with E-state index in [1.165, 1.54) is 88.3 Å². The average molecular weight is 375 g/mol. The average Bonchev–Trinajstić information content (AvgIpc) is 2.45. The molecule has 1 aliphatic rings. The molecule has 1 rings (SSSR count). The molecule has 0 aromatic carbocycles. The Bertz CT molecular complexity index is 419. The van der Waals surface area contributed by atoms with Crippen LogP contribution < -0.4 is 0 Å². The first-order valence-corrected chi connectivity index (χ1v) is 10.3. The SMILES string of the molecule is CCCCCCCCC[N+]1(C)CCCCC1.O=S(=O)([O-])C(F)(F)F. The molecule has 146 valence electrons. The first-order valence-electron chi connectivity index (χ1n) is 8.87. The van der Waals surface area contributed by atoms with Crippen LogP contribution in [0.3, 0.4) is 0 Å². The topological polar surface area (TPSA) is 57.2 Å². The van der Waals surface area contributed by atoms with Gasteiger partial charge in [0.05, 0.1) is 26.7 Å². The van der Waals surface area contributed by atoms with Crippen LogP contribution in [0.25, 0.3) is 0 Å². The number of piperidine rings is 1. The molecule has 8 heteroatoms. The van der Waals surface area contributed by atoms with Crippen LogP contribution in [0, 0.1) is 0 Å². The lowest BCUT2D eigenvalue weighted by molar-refractivity contribution is -0.914. The lowest BCUT2D eigenvalue weighted by Crippen LogP contribution is -2.48. The highest BCUT2D eigenvalue weighted by Gasteiger charge is 2.36. The molecule has 0 aliphatic carbocycles. The molecular weight excluding hydrogens is 343 g/mol. The van der Waals surface area contributed by atoms with Crippen molar-refractivity contribution in [1.29, 1.82) is 0 Å². The van der Waals surface area contributed by atoms with Crippen LogP contribution in [0.15, 0.2) is 0 Å². The van der Waals surface area contributed by atoms with Gasteiger partial charge < -0.3 is 9.04 Å². The molecule has 0 atom stereocenters. The van der Waals surface area contributed by atoms with Gasteiger partial charge in [0.1, 0.15) is 0 Å². The molecule has 1 saturated heterocycles. The molecule has 0 radical (unpaired) electrons. The fourth-order valence-electron chi connectivity index (χ4n) is 2.95. The van der Waals surface area contributed by atoms with Gasteiger partial charge in [-0.2, -0.15) is 13.2 Å². The summed E-state index contributed by atoms with van der Waals surface area (Å²) in [6.45, 7) is 6.61. The minimum Gasteiger partial charge on any atom is -0.741 e. The van der Waals surface area contributed by atoms with E-state index in [0.717, 1.165) is 0 Å². The highest BCUT2D eigenvalue weighted by Crippen LogP contribution is 2.20. The maximum Gasteiger partial charge on any atom is 0.485 e. The molecule has 4 nitrogen and oxygen atoms in total. The Labute approximate surface area is 144 Å². The summed E-state index contributed by atoms with van der Waals surface area (Å²) < 4.78 is 60.3. The van der Waals surface area contributed by atoms with Gasteiger partial charge in [-0.05, 0) is 32.1 Å². The molecule has 0 aromatic rings. The number of hydrogen-bond acceptors (Lipinski definition) is 3. The van der Waals surface area contributed by atoms with Gasteiger partial charge in [0.2, 0.25) is 0 Å². The first kappa shape index (κ1) is 23.7. The van der Waals surface area contributed by atoms with Gasteiger partial charge in [0.25, 0.3) is 0 Å². The summed E-state index contributed by atoms with van der Waals surface area (Å²) in [4.78, 5) is 0. The summed E-state index contributed by atoms with van der Waals surface area (Å²) >= 11 is 0. The second-order valence-electron chi connectivity index (χ2n) is 6.87. The zero-order valence-electron chi connectivity index (χ0n) is 14.9. The molecule has 1 aliphatic heterocycles. The molecule has 0 N–H and O–H groups in total. The standard InChI is InChI=1S/C15H32N.CHF3O3S/c1-3-4-5-6-7-8-10-13-16(2)14-11-9-12-15-16;2-1(3,4)8(5,6)7/h3-15H2,1-2H3;(H,5,6,7)/q+1;/p-1. The molecule has 0 spiro atoms. The molecule has 0 bridgehead atoms. The smallest absolute Gasteiger partial charge is 0.485 e. The number of alkyl halides is 3. The van der Waals surface area contributed by atoms with Crippen LogP contribution in [0.4, 0.5) is 13.2 Å². The molecule has 0 amide bonds. The molecule has 24 heavy (non-hydrogen) atoms. The molecule has 1 fully saturated rings. The van der Waals surface area contributed by atoms with Crippen molar-refractivity contribution in [3.63, 3.8) is 0 Å². The van der Waals surface area contributed by atoms with Crippen molar-refractivity contribution < 1.29 is 30.6 Å². The summed E-state index contributed by atoms with van der Waals surface area (Å²) in [6.07, 6.45) is 14.5. The fraction of sp³-hybridized carbons (Fsp3) is 1.00. The lowest BCUT2D eigenvalue weighted by atomic mass is 10.1. The number of unbranched alkanes of at least 4 members (excludes halogenated alkanes) is 6. The monoisotopic (exact) mass is 375 g/mol. The van der Waals surface area contributed by atoms with Crippen LogP contribution in [0.5, 0.6) is 0 Å². The fourth-order valence-corrected chi connectivity index (χ4v) is 2.95. The maximum absolute atomic E-state index is 10.7. The lowest BCUT2D eigenvalue weighted by Gasteiger charge is -2.37. The van der Waals surface area contributed by atoms with Crippen LogP contribution >= 0.6 is 0 Å². The second kappa shape index (κ2) is 11.3. The van der Waals surface area contributed by atoms with E-state index in [2.05, 4.69) is 14.0 Å². The van der Waals surface area contributed by atoms with Gasteiger partial charge in [-0.1, -0.05) is 39.0 Å². The minimum atomic E-state index is -6.09. The Morgan fingerprint density at radius 2 is 1.33 bits per heavy atom. The highest BCUT2D eigenvalue weighted by atomic mass is 32.2. The molecule has 0 saturated carbocycles. The third kappa shape index (κ3) is 11.3. The number of hydrogen-bond donors (Lipinski definition) is 0. The zero-order valence-corrected chi connectivity index (χ0v) is 15.7. The second-order valence-corrected chi connectivity index (χ2v) is 8.24. The predicted molar refractivity (Wildman–Crippen MR) is 88.4 cm³/mol. The minimum absolute atomic E-state index is 1.37. The van der Waals surface area contributed by atoms with Crippen LogP contribution in [0.1, 0.15) is 71.1 Å². The van der Waals surface area contributed by atoms with Crippen molar-refractivity contribution >= 4 is 10.1 Å². The zero-order chi connectivity index (χ0) is 18.7. The van der Waals surface area contributed by atoms with E-state index in [9.17, 15) is 13.2 Å². The number of quaternary nitrogens is 1. The Hall–Kier alpha value is -0.340. The Morgan fingerprint density at radius 1 is 0.917 bits per heavy atom. The van der Waals surface area contributed by atoms with Gasteiger partial charge in [-0.25, -0.2) is 8.42 Å². The summed E-state index contributed by atoms with van der Waals surface area (Å²) in [5, 5.41) is 0. The van der Waals surface area contributed by atoms with Gasteiger partial charge >= 0.3 is 5.51 Å². The van der Waals surface area contributed by atoms with E-state index >= 15 is 0 Å². The number of halogens is 3. The number of likely N-dealkylation sites (tertiary alicyclic amines) is 1. The Morgan fingerprint density at radius 3 is 1.75 bits per heavy atom. The summed E-state index contributed by atoms with van der Waals surface area (Å²) in [7, 11) is -3.62. The van der Waals surface area contributed by atoms with Crippen molar-refractivity contribution in [2.24, 2.45) is 0 Å². The van der Waals surface area contributed by atoms with Crippen LogP contribution in [-0.4, -0.2) is 49.6 Å². The van der Waals surface area contributed by atoms with E-state index in [-0.39, 0.29) is 0 Å². The molecule has 0 aromatic heterocycles. The van der Waals surface area contributed by atoms with Gasteiger partial charge in [-0.15, -0.1) is 0 Å². The first-order chi connectivity index (χ1) is 11.0. The van der Waals surface area contributed by atoms with E-state index in [1.807, 2.05) is 0 Å². The van der Waals surface area contributed by atoms with Crippen molar-refractivity contribution in [3.05, 3.63) is 0 Å². The largest absolute Gasteiger partial charge is 0.741 e.